The van der Waals surface area contributed by atoms with Gasteiger partial charge in [0.15, 0.2) is 5.11 Å². The van der Waals surface area contributed by atoms with E-state index in [2.05, 4.69) is 27.0 Å². The number of carbonyl (C=O) groups excluding carboxylic acids is 1. The van der Waals surface area contributed by atoms with Crippen LogP contribution in [0, 0.1) is 13.8 Å². The Bertz CT molecular complexity index is 631. The topological polar surface area (TPSA) is 47.6 Å². The minimum Gasteiger partial charge on any atom is -0.359 e. The van der Waals surface area contributed by atoms with Gasteiger partial charge in [0.1, 0.15) is 0 Å². The van der Waals surface area contributed by atoms with Gasteiger partial charge in [0.25, 0.3) is 0 Å². The van der Waals surface area contributed by atoms with Crippen LogP contribution in [0.1, 0.15) is 18.1 Å². The molecule has 0 aromatic heterocycles. The largest absolute Gasteiger partial charge is 0.359 e. The average molecular weight is 361 g/mol. The molecular weight excluding hydrogens is 332 g/mol. The fraction of sp³-hybridized carbons (Fsp3) is 0.474. The number of nitrogens with zero attached hydrogens (tertiary/aromatic N) is 2. The van der Waals surface area contributed by atoms with E-state index in [0.717, 1.165) is 53.7 Å². The number of nitrogens with one attached hydrogen (secondary N) is 2. The Morgan fingerprint density at radius 2 is 1.80 bits per heavy atom. The highest BCUT2D eigenvalue weighted by molar-refractivity contribution is 7.80. The standard InChI is InChI=1S/C19H28N4OS/c1-14(2)12-20-19(25)23-10-8-22(9-11-23)13-17(24)21-18-15(3)6-5-7-16(18)4/h5-7H,1,8-13H2,2-4H3,(H,20,25)(H,21,24). The van der Waals surface area contributed by atoms with E-state index in [9.17, 15) is 4.79 Å². The van der Waals surface area contributed by atoms with Crippen LogP contribution in [0.2, 0.25) is 0 Å². The molecule has 1 heterocycles. The highest BCUT2D eigenvalue weighted by Crippen LogP contribution is 2.19. The number of piperazine rings is 1. The van der Waals surface area contributed by atoms with Gasteiger partial charge in [-0.2, -0.15) is 0 Å². The van der Waals surface area contributed by atoms with E-state index in [1.165, 1.54) is 0 Å². The molecule has 1 amide bonds. The zero-order valence-electron chi connectivity index (χ0n) is 15.4. The maximum absolute atomic E-state index is 12.4. The van der Waals surface area contributed by atoms with Gasteiger partial charge in [-0.25, -0.2) is 0 Å². The average Bonchev–Trinajstić information content (AvgIpc) is 2.57. The molecule has 0 radical (unpaired) electrons. The Labute approximate surface area is 156 Å². The van der Waals surface area contributed by atoms with Crippen molar-refractivity contribution in [2.45, 2.75) is 20.8 Å². The van der Waals surface area contributed by atoms with E-state index in [-0.39, 0.29) is 5.91 Å². The maximum Gasteiger partial charge on any atom is 0.238 e. The second kappa shape index (κ2) is 8.97. The number of hydrogen-bond acceptors (Lipinski definition) is 3. The summed E-state index contributed by atoms with van der Waals surface area (Å²) in [5.74, 6) is 0.0360. The molecule has 2 rings (SSSR count). The van der Waals surface area contributed by atoms with Crippen molar-refractivity contribution < 1.29 is 4.79 Å². The molecule has 1 aliphatic rings. The molecular formula is C19H28N4OS. The van der Waals surface area contributed by atoms with Gasteiger partial charge < -0.3 is 15.5 Å². The first-order valence-corrected chi connectivity index (χ1v) is 9.03. The van der Waals surface area contributed by atoms with Gasteiger partial charge in [0.2, 0.25) is 5.91 Å². The summed E-state index contributed by atoms with van der Waals surface area (Å²) in [5, 5.41) is 7.03. The third-order valence-electron chi connectivity index (χ3n) is 4.31. The van der Waals surface area contributed by atoms with E-state index in [1.54, 1.807) is 0 Å². The monoisotopic (exact) mass is 360 g/mol. The summed E-state index contributed by atoms with van der Waals surface area (Å²) in [6.07, 6.45) is 0. The van der Waals surface area contributed by atoms with Crippen LogP contribution in [-0.2, 0) is 4.79 Å². The highest BCUT2D eigenvalue weighted by Gasteiger charge is 2.20. The Morgan fingerprint density at radius 3 is 2.36 bits per heavy atom. The summed E-state index contributed by atoms with van der Waals surface area (Å²) < 4.78 is 0. The number of amides is 1. The van der Waals surface area contributed by atoms with E-state index >= 15 is 0 Å². The van der Waals surface area contributed by atoms with Crippen LogP contribution in [-0.4, -0.2) is 60.1 Å². The normalized spacial score (nSPS) is 14.9. The Balaban J connectivity index is 1.79. The van der Waals surface area contributed by atoms with Crippen molar-refractivity contribution in [3.8, 4) is 0 Å². The van der Waals surface area contributed by atoms with Crippen molar-refractivity contribution in [2.24, 2.45) is 0 Å². The summed E-state index contributed by atoms with van der Waals surface area (Å²) in [4.78, 5) is 16.7. The molecule has 1 saturated heterocycles. The van der Waals surface area contributed by atoms with Crippen molar-refractivity contribution in [3.63, 3.8) is 0 Å². The number of carbonyl (C=O) groups is 1. The maximum atomic E-state index is 12.4. The lowest BCUT2D eigenvalue weighted by Gasteiger charge is -2.35. The zero-order chi connectivity index (χ0) is 18.4. The molecule has 25 heavy (non-hydrogen) atoms. The lowest BCUT2D eigenvalue weighted by molar-refractivity contribution is -0.117. The summed E-state index contributed by atoms with van der Waals surface area (Å²) in [6.45, 7) is 14.3. The van der Waals surface area contributed by atoms with Gasteiger partial charge in [0, 0.05) is 38.4 Å². The van der Waals surface area contributed by atoms with Crippen LogP contribution in [0.5, 0.6) is 0 Å². The lowest BCUT2D eigenvalue weighted by atomic mass is 10.1. The number of anilines is 1. The molecule has 1 fully saturated rings. The summed E-state index contributed by atoms with van der Waals surface area (Å²) in [5.41, 5.74) is 4.17. The summed E-state index contributed by atoms with van der Waals surface area (Å²) in [6, 6.07) is 6.03. The molecule has 0 atom stereocenters. The number of thiocarbonyl (C=S) groups is 1. The Hall–Kier alpha value is -1.92. The first-order valence-electron chi connectivity index (χ1n) is 8.62. The number of para-hydroxylation sites is 1. The quantitative estimate of drug-likeness (QED) is 0.623. The van der Waals surface area contributed by atoms with Crippen LogP contribution in [0.25, 0.3) is 0 Å². The molecule has 136 valence electrons. The molecule has 5 nitrogen and oxygen atoms in total. The third kappa shape index (κ3) is 5.83. The van der Waals surface area contributed by atoms with Crippen LogP contribution < -0.4 is 10.6 Å². The molecule has 1 aromatic rings. The van der Waals surface area contributed by atoms with Gasteiger partial charge in [-0.05, 0) is 44.1 Å². The minimum atomic E-state index is 0.0360. The van der Waals surface area contributed by atoms with Gasteiger partial charge >= 0.3 is 0 Å². The SMILES string of the molecule is C=C(C)CNC(=S)N1CCN(CC(=O)Nc2c(C)cccc2C)CC1. The van der Waals surface area contributed by atoms with Crippen molar-refractivity contribution in [2.75, 3.05) is 44.6 Å². The molecule has 1 aliphatic heterocycles. The van der Waals surface area contributed by atoms with Gasteiger partial charge in [-0.15, -0.1) is 0 Å². The third-order valence-corrected chi connectivity index (χ3v) is 4.72. The first-order chi connectivity index (χ1) is 11.9. The highest BCUT2D eigenvalue weighted by atomic mass is 32.1. The van der Waals surface area contributed by atoms with Crippen molar-refractivity contribution in [1.29, 1.82) is 0 Å². The molecule has 0 spiro atoms. The fourth-order valence-corrected chi connectivity index (χ4v) is 3.10. The fourth-order valence-electron chi connectivity index (χ4n) is 2.84. The van der Waals surface area contributed by atoms with Crippen LogP contribution in [0.4, 0.5) is 5.69 Å². The Kier molecular flexibility index (Phi) is 6.96. The number of benzene rings is 1. The molecule has 0 saturated carbocycles. The first kappa shape index (κ1) is 19.4. The van der Waals surface area contributed by atoms with Crippen LogP contribution >= 0.6 is 12.2 Å². The number of aryl methyl sites for hydroxylation is 2. The lowest BCUT2D eigenvalue weighted by Crippen LogP contribution is -2.53. The molecule has 0 unspecified atom stereocenters. The number of rotatable bonds is 5. The molecule has 0 bridgehead atoms. The van der Waals surface area contributed by atoms with Crippen molar-refractivity contribution >= 4 is 28.9 Å². The second-order valence-corrected chi connectivity index (χ2v) is 7.08. The van der Waals surface area contributed by atoms with E-state index < -0.39 is 0 Å². The van der Waals surface area contributed by atoms with E-state index in [0.29, 0.717) is 13.1 Å². The molecule has 6 heteroatoms. The molecule has 2 N–H and O–H groups in total. The van der Waals surface area contributed by atoms with Gasteiger partial charge in [-0.1, -0.05) is 30.4 Å². The summed E-state index contributed by atoms with van der Waals surface area (Å²) >= 11 is 5.41. The minimum absolute atomic E-state index is 0.0360. The number of hydrogen-bond donors (Lipinski definition) is 2. The van der Waals surface area contributed by atoms with Crippen molar-refractivity contribution in [3.05, 3.63) is 41.5 Å². The van der Waals surface area contributed by atoms with Crippen molar-refractivity contribution in [1.82, 2.24) is 15.1 Å². The van der Waals surface area contributed by atoms with E-state index in [1.807, 2.05) is 39.0 Å². The van der Waals surface area contributed by atoms with Crippen LogP contribution in [0.3, 0.4) is 0 Å². The molecule has 1 aromatic carbocycles. The Morgan fingerprint density at radius 1 is 1.20 bits per heavy atom. The van der Waals surface area contributed by atoms with E-state index in [4.69, 9.17) is 12.2 Å². The zero-order valence-corrected chi connectivity index (χ0v) is 16.2. The van der Waals surface area contributed by atoms with Gasteiger partial charge in [0.05, 0.1) is 6.54 Å². The molecule has 0 aliphatic carbocycles. The van der Waals surface area contributed by atoms with Gasteiger partial charge in [-0.3, -0.25) is 9.69 Å². The predicted octanol–water partition coefficient (Wildman–Crippen LogP) is 2.31. The predicted molar refractivity (Wildman–Crippen MR) is 108 cm³/mol. The smallest absolute Gasteiger partial charge is 0.238 e. The summed E-state index contributed by atoms with van der Waals surface area (Å²) in [7, 11) is 0. The second-order valence-electron chi connectivity index (χ2n) is 6.69. The van der Waals surface area contributed by atoms with Crippen LogP contribution in [0.15, 0.2) is 30.4 Å².